The van der Waals surface area contributed by atoms with Gasteiger partial charge in [0, 0.05) is 12.5 Å². The molecule has 1 aromatic rings. The minimum absolute atomic E-state index is 0.322. The molecule has 1 amide bonds. The number of benzene rings is 1. The van der Waals surface area contributed by atoms with Crippen LogP contribution >= 0.6 is 0 Å². The Kier molecular flexibility index (Phi) is 6.33. The van der Waals surface area contributed by atoms with E-state index in [0.29, 0.717) is 12.1 Å². The number of nitrogens with one attached hydrogen (secondary N) is 1. The maximum absolute atomic E-state index is 13.6. The lowest BCUT2D eigenvalue weighted by Gasteiger charge is -2.16. The summed E-state index contributed by atoms with van der Waals surface area (Å²) in [5.74, 6) is -4.47. The van der Waals surface area contributed by atoms with Crippen LogP contribution < -0.4 is 5.48 Å². The Morgan fingerprint density at radius 3 is 2.36 bits per heavy atom. The first-order valence-electron chi connectivity index (χ1n) is 5.96. The predicted octanol–water partition coefficient (Wildman–Crippen LogP) is 1.06. The zero-order valence-corrected chi connectivity index (χ0v) is 12.5. The van der Waals surface area contributed by atoms with Gasteiger partial charge in [0.25, 0.3) is 10.1 Å². The summed E-state index contributed by atoms with van der Waals surface area (Å²) >= 11 is 0. The van der Waals surface area contributed by atoms with Gasteiger partial charge in [-0.1, -0.05) is 0 Å². The van der Waals surface area contributed by atoms with Crippen molar-refractivity contribution in [3.05, 3.63) is 35.1 Å². The van der Waals surface area contributed by atoms with E-state index in [1.54, 1.807) is 0 Å². The highest BCUT2D eigenvalue weighted by Gasteiger charge is 2.22. The lowest BCUT2D eigenvalue weighted by Crippen LogP contribution is -2.30. The monoisotopic (exact) mass is 341 g/mol. The zero-order chi connectivity index (χ0) is 16.9. The summed E-state index contributed by atoms with van der Waals surface area (Å²) in [5.41, 5.74) is 1.62. The normalized spacial score (nSPS) is 13.0. The van der Waals surface area contributed by atoms with Gasteiger partial charge in [0.2, 0.25) is 5.91 Å². The third-order valence-corrected chi connectivity index (χ3v) is 3.10. The summed E-state index contributed by atoms with van der Waals surface area (Å²) in [6.45, 7) is 0. The van der Waals surface area contributed by atoms with Crippen LogP contribution in [0.2, 0.25) is 0 Å². The van der Waals surface area contributed by atoms with E-state index in [-0.39, 0.29) is 5.56 Å². The van der Waals surface area contributed by atoms with Gasteiger partial charge in [-0.3, -0.25) is 13.8 Å². The minimum Gasteiger partial charge on any atom is -0.277 e. The van der Waals surface area contributed by atoms with E-state index in [0.717, 1.165) is 6.26 Å². The van der Waals surface area contributed by atoms with Crippen molar-refractivity contribution in [2.24, 2.45) is 0 Å². The average Bonchev–Trinajstić information content (AvgIpc) is 2.34. The summed E-state index contributed by atoms with van der Waals surface area (Å²) in [7, 11) is -2.78. The molecule has 10 heteroatoms. The first-order chi connectivity index (χ1) is 10.1. The fraction of sp³-hybridized carbons (Fsp3) is 0.417. The van der Waals surface area contributed by atoms with Gasteiger partial charge in [0.1, 0.15) is 5.82 Å². The lowest BCUT2D eigenvalue weighted by atomic mass is 10.0. The molecule has 124 valence electrons. The van der Waals surface area contributed by atoms with Crippen LogP contribution in [0.5, 0.6) is 0 Å². The maximum Gasteiger partial charge on any atom is 0.264 e. The van der Waals surface area contributed by atoms with Gasteiger partial charge >= 0.3 is 0 Å². The van der Waals surface area contributed by atoms with Crippen molar-refractivity contribution in [1.29, 1.82) is 0 Å². The van der Waals surface area contributed by atoms with Crippen LogP contribution in [-0.4, -0.2) is 33.8 Å². The molecule has 0 saturated heterocycles. The number of carbonyl (C=O) groups is 1. The topological polar surface area (TPSA) is 81.7 Å². The quantitative estimate of drug-likeness (QED) is 0.456. The Balaban J connectivity index is 2.97. The molecule has 0 fully saturated rings. The maximum atomic E-state index is 13.6. The molecule has 1 N–H and O–H groups in total. The van der Waals surface area contributed by atoms with Gasteiger partial charge in [-0.2, -0.15) is 8.42 Å². The van der Waals surface area contributed by atoms with Crippen LogP contribution in [0.3, 0.4) is 0 Å². The summed E-state index contributed by atoms with van der Waals surface area (Å²) in [4.78, 5) is 15.8. The number of carbonyl (C=O) groups excluding carboxylic acids is 1. The number of hydroxylamine groups is 1. The molecule has 0 aliphatic heterocycles. The number of hydrogen-bond donors (Lipinski definition) is 1. The molecule has 1 aromatic carbocycles. The highest BCUT2D eigenvalue weighted by Crippen LogP contribution is 2.18. The first-order valence-corrected chi connectivity index (χ1v) is 7.77. The molecule has 1 atom stereocenters. The van der Waals surface area contributed by atoms with Crippen molar-refractivity contribution in [3.8, 4) is 0 Å². The van der Waals surface area contributed by atoms with Crippen molar-refractivity contribution < 1.29 is 35.4 Å². The molecule has 0 spiro atoms. The summed E-state index contributed by atoms with van der Waals surface area (Å²) in [5, 5.41) is 0. The molecule has 0 aromatic heterocycles. The summed E-state index contributed by atoms with van der Waals surface area (Å²) in [6, 6.07) is 0.912. The summed E-state index contributed by atoms with van der Waals surface area (Å²) in [6.07, 6.45) is -1.49. The molecule has 0 radical (unpaired) electrons. The Labute approximate surface area is 125 Å². The van der Waals surface area contributed by atoms with E-state index in [4.69, 9.17) is 0 Å². The predicted molar refractivity (Wildman–Crippen MR) is 69.5 cm³/mol. The van der Waals surface area contributed by atoms with E-state index in [1.807, 2.05) is 5.48 Å². The molecule has 22 heavy (non-hydrogen) atoms. The number of rotatable bonds is 7. The molecular weight excluding hydrogens is 327 g/mol. The second-order valence-electron chi connectivity index (χ2n) is 4.42. The van der Waals surface area contributed by atoms with Gasteiger partial charge in [0.15, 0.2) is 11.6 Å². The van der Waals surface area contributed by atoms with Crippen LogP contribution in [-0.2, 0) is 30.4 Å². The third kappa shape index (κ3) is 6.00. The number of amides is 1. The van der Waals surface area contributed by atoms with Crippen LogP contribution in [0.4, 0.5) is 13.2 Å². The van der Waals surface area contributed by atoms with E-state index in [9.17, 15) is 26.4 Å². The minimum atomic E-state index is -3.95. The molecule has 0 heterocycles. The van der Waals surface area contributed by atoms with Crippen molar-refractivity contribution in [1.82, 2.24) is 5.48 Å². The van der Waals surface area contributed by atoms with E-state index in [1.165, 1.54) is 7.11 Å². The number of halogens is 3. The molecule has 0 aliphatic rings. The molecule has 1 rings (SSSR count). The van der Waals surface area contributed by atoms with Crippen molar-refractivity contribution >= 4 is 16.0 Å². The second-order valence-corrected chi connectivity index (χ2v) is 6.02. The molecular formula is C12H14F3NO5S. The SMILES string of the molecule is CONC(=O)C[C@H](Cc1cc(F)c(F)cc1F)OS(C)(=O)=O. The standard InChI is InChI=1S/C12H14F3NO5S/c1-20-16-12(17)5-8(21-22(2,18)19)3-7-4-10(14)11(15)6-9(7)13/h4,6,8H,3,5H2,1-2H3,(H,16,17)/t8-/m0/s1. The van der Waals surface area contributed by atoms with Crippen molar-refractivity contribution in [3.63, 3.8) is 0 Å². The first kappa shape index (κ1) is 18.4. The Hall–Kier alpha value is -1.65. The highest BCUT2D eigenvalue weighted by molar-refractivity contribution is 7.86. The van der Waals surface area contributed by atoms with Crippen LogP contribution in [0.1, 0.15) is 12.0 Å². The van der Waals surface area contributed by atoms with E-state index < -0.39 is 52.4 Å². The Morgan fingerprint density at radius 2 is 1.82 bits per heavy atom. The van der Waals surface area contributed by atoms with Gasteiger partial charge in [-0.25, -0.2) is 18.7 Å². The third-order valence-electron chi connectivity index (χ3n) is 2.48. The molecule has 0 saturated carbocycles. The zero-order valence-electron chi connectivity index (χ0n) is 11.7. The second kappa shape index (κ2) is 7.56. The van der Waals surface area contributed by atoms with Gasteiger partial charge in [0.05, 0.1) is 25.9 Å². The largest absolute Gasteiger partial charge is 0.277 e. The fourth-order valence-electron chi connectivity index (χ4n) is 1.72. The smallest absolute Gasteiger partial charge is 0.264 e. The highest BCUT2D eigenvalue weighted by atomic mass is 32.2. The van der Waals surface area contributed by atoms with Crippen LogP contribution in [0, 0.1) is 17.5 Å². The van der Waals surface area contributed by atoms with Gasteiger partial charge < -0.3 is 0 Å². The molecule has 6 nitrogen and oxygen atoms in total. The van der Waals surface area contributed by atoms with E-state index in [2.05, 4.69) is 9.02 Å². The Bertz CT molecular complexity index is 650. The Morgan fingerprint density at radius 1 is 1.23 bits per heavy atom. The molecule has 0 unspecified atom stereocenters. The van der Waals surface area contributed by atoms with Crippen molar-refractivity contribution in [2.75, 3.05) is 13.4 Å². The molecule has 0 bridgehead atoms. The average molecular weight is 341 g/mol. The van der Waals surface area contributed by atoms with Crippen LogP contribution in [0.15, 0.2) is 12.1 Å². The lowest BCUT2D eigenvalue weighted by molar-refractivity contribution is -0.132. The van der Waals surface area contributed by atoms with Gasteiger partial charge in [-0.05, 0) is 11.6 Å². The molecule has 0 aliphatic carbocycles. The number of hydrogen-bond acceptors (Lipinski definition) is 5. The van der Waals surface area contributed by atoms with Gasteiger partial charge in [-0.15, -0.1) is 0 Å². The fourth-order valence-corrected chi connectivity index (χ4v) is 2.35. The van der Waals surface area contributed by atoms with Crippen LogP contribution in [0.25, 0.3) is 0 Å². The summed E-state index contributed by atoms with van der Waals surface area (Å²) < 4.78 is 66.5. The van der Waals surface area contributed by atoms with E-state index >= 15 is 0 Å². The van der Waals surface area contributed by atoms with Crippen molar-refractivity contribution in [2.45, 2.75) is 18.9 Å².